The molecule has 1 saturated heterocycles. The molecule has 0 bridgehead atoms. The number of thiol groups is 1. The van der Waals surface area contributed by atoms with Crippen LogP contribution in [0.3, 0.4) is 0 Å². The minimum atomic E-state index is 0.0421. The van der Waals surface area contributed by atoms with E-state index in [9.17, 15) is 4.79 Å². The lowest BCUT2D eigenvalue weighted by Crippen LogP contribution is -2.25. The minimum absolute atomic E-state index is 0.0421. The van der Waals surface area contributed by atoms with Gasteiger partial charge in [-0.15, -0.1) is 5.10 Å². The number of carbonyl (C=O) groups excluding carboxylic acids is 1. The molecule has 70 valence electrons. The van der Waals surface area contributed by atoms with Crippen LogP contribution in [0.25, 0.3) is 0 Å². The largest absolute Gasteiger partial charge is 0.278 e. The number of hydrogen-bond donors (Lipinski definition) is 2. The SMILES string of the molecule is O=C1CC(CS)CN1c1nn[nH]n1. The molecule has 0 aliphatic carbocycles. The zero-order valence-corrected chi connectivity index (χ0v) is 7.74. The Morgan fingerprint density at radius 2 is 2.54 bits per heavy atom. The Morgan fingerprint density at radius 1 is 1.69 bits per heavy atom. The smallest absolute Gasteiger partial charge is 0.272 e. The van der Waals surface area contributed by atoms with Crippen LogP contribution in [-0.2, 0) is 4.79 Å². The van der Waals surface area contributed by atoms with E-state index in [-0.39, 0.29) is 5.91 Å². The van der Waals surface area contributed by atoms with E-state index in [1.807, 2.05) is 0 Å². The van der Waals surface area contributed by atoms with Gasteiger partial charge < -0.3 is 0 Å². The topological polar surface area (TPSA) is 74.8 Å². The van der Waals surface area contributed by atoms with Crippen molar-refractivity contribution in [3.63, 3.8) is 0 Å². The van der Waals surface area contributed by atoms with Crippen LogP contribution in [0.2, 0.25) is 0 Å². The molecule has 1 aliphatic rings. The summed E-state index contributed by atoms with van der Waals surface area (Å²) in [4.78, 5) is 12.9. The minimum Gasteiger partial charge on any atom is -0.278 e. The van der Waals surface area contributed by atoms with Crippen LogP contribution in [0.4, 0.5) is 5.95 Å². The Bertz CT molecular complexity index is 300. The first-order valence-electron chi connectivity index (χ1n) is 3.96. The number of aromatic nitrogens is 4. The molecule has 7 heteroatoms. The number of tetrazole rings is 1. The van der Waals surface area contributed by atoms with Gasteiger partial charge in [-0.05, 0) is 16.9 Å². The zero-order valence-electron chi connectivity index (χ0n) is 6.84. The van der Waals surface area contributed by atoms with Gasteiger partial charge in [-0.1, -0.05) is 5.10 Å². The Labute approximate surface area is 80.1 Å². The van der Waals surface area contributed by atoms with Gasteiger partial charge in [0.2, 0.25) is 5.91 Å². The summed E-state index contributed by atoms with van der Waals surface area (Å²) in [6, 6.07) is 0. The molecule has 1 amide bonds. The number of nitrogens with zero attached hydrogens (tertiary/aromatic N) is 4. The lowest BCUT2D eigenvalue weighted by molar-refractivity contribution is -0.117. The lowest BCUT2D eigenvalue weighted by Gasteiger charge is -2.09. The summed E-state index contributed by atoms with van der Waals surface area (Å²) in [5.74, 6) is 1.41. The maximum Gasteiger partial charge on any atom is 0.272 e. The van der Waals surface area contributed by atoms with Crippen molar-refractivity contribution in [3.05, 3.63) is 0 Å². The normalized spacial score (nSPS) is 22.7. The van der Waals surface area contributed by atoms with E-state index in [0.29, 0.717) is 30.6 Å². The fourth-order valence-electron chi connectivity index (χ4n) is 1.37. The molecule has 0 radical (unpaired) electrons. The molecule has 13 heavy (non-hydrogen) atoms. The van der Waals surface area contributed by atoms with E-state index in [4.69, 9.17) is 0 Å². The van der Waals surface area contributed by atoms with Crippen LogP contribution in [0, 0.1) is 5.92 Å². The van der Waals surface area contributed by atoms with E-state index >= 15 is 0 Å². The molecule has 1 aliphatic heterocycles. The maximum atomic E-state index is 11.4. The lowest BCUT2D eigenvalue weighted by atomic mass is 10.1. The zero-order chi connectivity index (χ0) is 9.26. The quantitative estimate of drug-likeness (QED) is 0.629. The Morgan fingerprint density at radius 3 is 3.08 bits per heavy atom. The van der Waals surface area contributed by atoms with E-state index in [0.717, 1.165) is 0 Å². The fourth-order valence-corrected chi connectivity index (χ4v) is 1.61. The number of hydrogen-bond acceptors (Lipinski definition) is 5. The molecule has 2 rings (SSSR count). The van der Waals surface area contributed by atoms with Crippen molar-refractivity contribution in [2.24, 2.45) is 5.92 Å². The highest BCUT2D eigenvalue weighted by atomic mass is 32.1. The molecule has 2 heterocycles. The summed E-state index contributed by atoms with van der Waals surface area (Å²) < 4.78 is 0. The van der Waals surface area contributed by atoms with Crippen LogP contribution >= 0.6 is 12.6 Å². The molecule has 0 spiro atoms. The third-order valence-corrected chi connectivity index (χ3v) is 2.56. The molecular weight excluding hydrogens is 190 g/mol. The average Bonchev–Trinajstić information content (AvgIpc) is 2.72. The van der Waals surface area contributed by atoms with Crippen molar-refractivity contribution in [3.8, 4) is 0 Å². The summed E-state index contributed by atoms with van der Waals surface area (Å²) in [7, 11) is 0. The van der Waals surface area contributed by atoms with Crippen LogP contribution < -0.4 is 4.90 Å². The van der Waals surface area contributed by atoms with Gasteiger partial charge in [-0.25, -0.2) is 0 Å². The Balaban J connectivity index is 2.14. The first-order valence-corrected chi connectivity index (χ1v) is 4.59. The van der Waals surface area contributed by atoms with Crippen molar-refractivity contribution in [1.29, 1.82) is 0 Å². The van der Waals surface area contributed by atoms with Gasteiger partial charge in [-0.3, -0.25) is 9.69 Å². The number of amides is 1. The second kappa shape index (κ2) is 3.33. The summed E-state index contributed by atoms with van der Waals surface area (Å²) >= 11 is 4.15. The van der Waals surface area contributed by atoms with E-state index in [1.165, 1.54) is 4.90 Å². The number of nitrogens with one attached hydrogen (secondary N) is 1. The van der Waals surface area contributed by atoms with Crippen molar-refractivity contribution in [2.45, 2.75) is 6.42 Å². The monoisotopic (exact) mass is 199 g/mol. The van der Waals surface area contributed by atoms with Gasteiger partial charge in [0, 0.05) is 13.0 Å². The van der Waals surface area contributed by atoms with Crippen LogP contribution in [0.15, 0.2) is 0 Å². The highest BCUT2D eigenvalue weighted by Gasteiger charge is 2.31. The van der Waals surface area contributed by atoms with Gasteiger partial charge in [0.25, 0.3) is 5.95 Å². The average molecular weight is 199 g/mol. The third kappa shape index (κ3) is 1.51. The van der Waals surface area contributed by atoms with Crippen LogP contribution in [0.5, 0.6) is 0 Å². The fraction of sp³-hybridized carbons (Fsp3) is 0.667. The summed E-state index contributed by atoms with van der Waals surface area (Å²) in [5.41, 5.74) is 0. The molecular formula is C6H9N5OS. The van der Waals surface area contributed by atoms with Gasteiger partial charge >= 0.3 is 0 Å². The van der Waals surface area contributed by atoms with Crippen LogP contribution in [0.1, 0.15) is 6.42 Å². The molecule has 1 atom stereocenters. The second-order valence-electron chi connectivity index (χ2n) is 2.97. The van der Waals surface area contributed by atoms with Gasteiger partial charge in [0.15, 0.2) is 0 Å². The predicted molar refractivity (Wildman–Crippen MR) is 48.5 cm³/mol. The van der Waals surface area contributed by atoms with Crippen molar-refractivity contribution < 1.29 is 4.79 Å². The molecule has 1 aromatic heterocycles. The highest BCUT2D eigenvalue weighted by Crippen LogP contribution is 2.21. The van der Waals surface area contributed by atoms with Crippen molar-refractivity contribution in [1.82, 2.24) is 20.6 Å². The molecule has 1 N–H and O–H groups in total. The third-order valence-electron chi connectivity index (χ3n) is 2.04. The highest BCUT2D eigenvalue weighted by molar-refractivity contribution is 7.80. The molecule has 1 unspecified atom stereocenters. The number of aromatic amines is 1. The molecule has 0 saturated carbocycles. The van der Waals surface area contributed by atoms with Gasteiger partial charge in [-0.2, -0.15) is 17.8 Å². The van der Waals surface area contributed by atoms with E-state index in [2.05, 4.69) is 33.3 Å². The summed E-state index contributed by atoms with van der Waals surface area (Å²) in [5, 5.41) is 13.2. The molecule has 0 aromatic carbocycles. The van der Waals surface area contributed by atoms with Gasteiger partial charge in [0.1, 0.15) is 0 Å². The maximum absolute atomic E-state index is 11.4. The molecule has 1 aromatic rings. The van der Waals surface area contributed by atoms with Gasteiger partial charge in [0.05, 0.1) is 0 Å². The standard InChI is InChI=1S/C6H9N5OS/c12-5-1-4(3-13)2-11(5)6-7-9-10-8-6/h4,13H,1-3H2,(H,7,8,9,10). The molecule has 1 fully saturated rings. The summed E-state index contributed by atoms with van der Waals surface area (Å²) in [6.45, 7) is 0.641. The van der Waals surface area contributed by atoms with Crippen LogP contribution in [-0.4, -0.2) is 38.8 Å². The van der Waals surface area contributed by atoms with Crippen molar-refractivity contribution in [2.75, 3.05) is 17.2 Å². The molecule has 6 nitrogen and oxygen atoms in total. The Hall–Kier alpha value is -1.11. The first kappa shape index (κ1) is 8.49. The Kier molecular flexibility index (Phi) is 2.17. The number of carbonyl (C=O) groups is 1. The number of anilines is 1. The first-order chi connectivity index (χ1) is 6.31. The number of H-pyrrole nitrogens is 1. The second-order valence-corrected chi connectivity index (χ2v) is 3.33. The van der Waals surface area contributed by atoms with Crippen molar-refractivity contribution >= 4 is 24.5 Å². The predicted octanol–water partition coefficient (Wildman–Crippen LogP) is -0.518. The summed E-state index contributed by atoms with van der Waals surface area (Å²) in [6.07, 6.45) is 0.526. The van der Waals surface area contributed by atoms with E-state index in [1.54, 1.807) is 0 Å². The van der Waals surface area contributed by atoms with E-state index < -0.39 is 0 Å². The number of rotatable bonds is 2.